The number of halogens is 2. The van der Waals surface area contributed by atoms with Crippen LogP contribution in [0.4, 0.5) is 5.69 Å². The molecule has 1 fully saturated rings. The van der Waals surface area contributed by atoms with Crippen LogP contribution in [0.5, 0.6) is 0 Å². The topological polar surface area (TPSA) is 49.4 Å². The van der Waals surface area contributed by atoms with Gasteiger partial charge in [0, 0.05) is 18.5 Å². The Morgan fingerprint density at radius 2 is 1.56 bits per heavy atom. The number of hydrogen-bond acceptors (Lipinski definition) is 4. The Morgan fingerprint density at radius 3 is 2.09 bits per heavy atom. The lowest BCUT2D eigenvalue weighted by Gasteiger charge is -2.32. The van der Waals surface area contributed by atoms with E-state index in [2.05, 4.69) is 48.3 Å². The first-order valence-electron chi connectivity index (χ1n) is 11.2. The van der Waals surface area contributed by atoms with Crippen LogP contribution in [0.3, 0.4) is 0 Å². The fraction of sp³-hybridized carbons (Fsp3) is 0.520. The fourth-order valence-corrected chi connectivity index (χ4v) is 4.77. The summed E-state index contributed by atoms with van der Waals surface area (Å²) in [7, 11) is -3.11. The molecule has 0 amide bonds. The molecule has 0 spiro atoms. The Morgan fingerprint density at radius 1 is 0.969 bits per heavy atom. The van der Waals surface area contributed by atoms with Gasteiger partial charge in [-0.1, -0.05) is 38.1 Å². The van der Waals surface area contributed by atoms with Crippen molar-refractivity contribution in [1.29, 1.82) is 0 Å². The molecule has 2 aromatic rings. The van der Waals surface area contributed by atoms with Crippen molar-refractivity contribution in [2.75, 3.05) is 37.8 Å². The Kier molecular flexibility index (Phi) is 12.1. The first-order chi connectivity index (χ1) is 14.3. The van der Waals surface area contributed by atoms with Gasteiger partial charge in [-0.05, 0) is 92.5 Å². The van der Waals surface area contributed by atoms with Crippen LogP contribution in [0.15, 0.2) is 53.4 Å². The summed E-state index contributed by atoms with van der Waals surface area (Å²) >= 11 is 0. The summed E-state index contributed by atoms with van der Waals surface area (Å²) in [6.07, 6.45) is 5.90. The van der Waals surface area contributed by atoms with Crippen LogP contribution in [0, 0.1) is 5.92 Å². The molecule has 7 heteroatoms. The lowest BCUT2D eigenvalue weighted by Crippen LogP contribution is -2.35. The van der Waals surface area contributed by atoms with Gasteiger partial charge in [0.05, 0.1) is 4.90 Å². The molecule has 0 aromatic heterocycles. The molecule has 0 saturated carbocycles. The predicted molar refractivity (Wildman–Crippen MR) is 141 cm³/mol. The lowest BCUT2D eigenvalue weighted by molar-refractivity contribution is 0.183. The van der Waals surface area contributed by atoms with E-state index in [4.69, 9.17) is 0 Å². The maximum atomic E-state index is 11.6. The second-order valence-electron chi connectivity index (χ2n) is 8.96. The molecular weight excluding hydrogens is 463 g/mol. The second-order valence-corrected chi connectivity index (χ2v) is 11.0. The van der Waals surface area contributed by atoms with Crippen LogP contribution < -0.4 is 5.32 Å². The normalized spacial score (nSPS) is 15.1. The van der Waals surface area contributed by atoms with Crippen molar-refractivity contribution >= 4 is 40.3 Å². The Bertz CT molecular complexity index is 893. The van der Waals surface area contributed by atoms with Crippen molar-refractivity contribution in [1.82, 2.24) is 4.90 Å². The number of nitrogens with zero attached hydrogens (tertiary/aromatic N) is 1. The zero-order valence-corrected chi connectivity index (χ0v) is 21.9. The molecule has 180 valence electrons. The highest BCUT2D eigenvalue weighted by Crippen LogP contribution is 2.23. The number of sulfone groups is 1. The van der Waals surface area contributed by atoms with Crippen LogP contribution >= 0.6 is 24.8 Å². The van der Waals surface area contributed by atoms with Gasteiger partial charge in [-0.3, -0.25) is 0 Å². The smallest absolute Gasteiger partial charge is 0.175 e. The number of nitrogens with one attached hydrogen (secondary N) is 1. The third-order valence-electron chi connectivity index (χ3n) is 6.14. The van der Waals surface area contributed by atoms with Gasteiger partial charge in [-0.15, -0.1) is 24.8 Å². The predicted octanol–water partition coefficient (Wildman–Crippen LogP) is 5.81. The number of piperidine rings is 1. The molecule has 0 radical (unpaired) electrons. The first-order valence-corrected chi connectivity index (χ1v) is 13.1. The average Bonchev–Trinajstić information content (AvgIpc) is 2.72. The highest BCUT2D eigenvalue weighted by atomic mass is 35.5. The maximum Gasteiger partial charge on any atom is 0.175 e. The van der Waals surface area contributed by atoms with Gasteiger partial charge in [-0.25, -0.2) is 8.42 Å². The number of likely N-dealkylation sites (tertiary alicyclic amines) is 1. The number of hydrogen-bond donors (Lipinski definition) is 1. The molecule has 3 rings (SSSR count). The van der Waals surface area contributed by atoms with Crippen molar-refractivity contribution in [3.05, 3.63) is 59.7 Å². The van der Waals surface area contributed by atoms with E-state index in [0.717, 1.165) is 39.0 Å². The fourth-order valence-electron chi connectivity index (χ4n) is 4.14. The van der Waals surface area contributed by atoms with Gasteiger partial charge in [-0.2, -0.15) is 0 Å². The van der Waals surface area contributed by atoms with Crippen LogP contribution in [0.1, 0.15) is 50.2 Å². The lowest BCUT2D eigenvalue weighted by atomic mass is 9.90. The number of rotatable bonds is 9. The van der Waals surface area contributed by atoms with Gasteiger partial charge in [0.25, 0.3) is 0 Å². The van der Waals surface area contributed by atoms with E-state index < -0.39 is 9.84 Å². The third kappa shape index (κ3) is 8.93. The molecule has 0 unspecified atom stereocenters. The number of benzene rings is 2. The van der Waals surface area contributed by atoms with Crippen molar-refractivity contribution in [2.24, 2.45) is 5.92 Å². The van der Waals surface area contributed by atoms with Gasteiger partial charge < -0.3 is 10.2 Å². The van der Waals surface area contributed by atoms with Gasteiger partial charge in [0.2, 0.25) is 0 Å². The van der Waals surface area contributed by atoms with Crippen LogP contribution in [-0.2, 0) is 16.3 Å². The zero-order valence-electron chi connectivity index (χ0n) is 19.4. The van der Waals surface area contributed by atoms with E-state index in [9.17, 15) is 8.42 Å². The van der Waals surface area contributed by atoms with Crippen molar-refractivity contribution in [3.8, 4) is 0 Å². The van der Waals surface area contributed by atoms with E-state index in [1.54, 1.807) is 12.1 Å². The van der Waals surface area contributed by atoms with Crippen LogP contribution in [0.2, 0.25) is 0 Å². The highest BCUT2D eigenvalue weighted by molar-refractivity contribution is 7.90. The first kappa shape index (κ1) is 28.8. The Hall–Kier alpha value is -1.27. The van der Waals surface area contributed by atoms with Crippen molar-refractivity contribution in [2.45, 2.75) is 50.3 Å². The summed E-state index contributed by atoms with van der Waals surface area (Å²) in [5, 5.41) is 3.54. The van der Waals surface area contributed by atoms with Crippen molar-refractivity contribution < 1.29 is 8.42 Å². The average molecular weight is 502 g/mol. The molecule has 1 heterocycles. The zero-order chi connectivity index (χ0) is 21.6. The minimum atomic E-state index is -3.11. The highest BCUT2D eigenvalue weighted by Gasteiger charge is 2.19. The minimum absolute atomic E-state index is 0. The summed E-state index contributed by atoms with van der Waals surface area (Å²) in [5.74, 6) is 1.27. The van der Waals surface area contributed by atoms with Gasteiger partial charge >= 0.3 is 0 Å². The van der Waals surface area contributed by atoms with E-state index in [0.29, 0.717) is 16.7 Å². The summed E-state index contributed by atoms with van der Waals surface area (Å²) in [5.41, 5.74) is 3.84. The van der Waals surface area contributed by atoms with E-state index in [1.165, 1.54) is 35.9 Å². The van der Waals surface area contributed by atoms with Gasteiger partial charge in [0.15, 0.2) is 9.84 Å². The van der Waals surface area contributed by atoms with E-state index in [1.807, 2.05) is 12.1 Å². The number of anilines is 1. The van der Waals surface area contributed by atoms with Crippen molar-refractivity contribution in [3.63, 3.8) is 0 Å². The molecule has 32 heavy (non-hydrogen) atoms. The standard InChI is InChI=1S/C25H36N2O2S.2ClH/c1-20(2)23-7-9-24(10-8-23)26-15-4-16-27-17-13-22(14-18-27)19-21-5-11-25(12-6-21)30(3,28)29;;/h5-12,20,22,26H,4,13-19H2,1-3H3;2*1H. The molecule has 4 nitrogen and oxygen atoms in total. The minimum Gasteiger partial charge on any atom is -0.385 e. The van der Waals surface area contributed by atoms with E-state index >= 15 is 0 Å². The van der Waals surface area contributed by atoms with Crippen LogP contribution in [0.25, 0.3) is 0 Å². The molecule has 0 atom stereocenters. The molecule has 1 aliphatic rings. The van der Waals surface area contributed by atoms with E-state index in [-0.39, 0.29) is 24.8 Å². The summed E-state index contributed by atoms with van der Waals surface area (Å²) in [4.78, 5) is 2.98. The molecule has 2 aromatic carbocycles. The summed E-state index contributed by atoms with van der Waals surface area (Å²) in [6.45, 7) is 8.92. The molecule has 0 aliphatic carbocycles. The molecule has 1 aliphatic heterocycles. The largest absolute Gasteiger partial charge is 0.385 e. The molecule has 1 saturated heterocycles. The quantitative estimate of drug-likeness (QED) is 0.441. The Balaban J connectivity index is 0.00000256. The monoisotopic (exact) mass is 500 g/mol. The maximum absolute atomic E-state index is 11.6. The van der Waals surface area contributed by atoms with Gasteiger partial charge in [0.1, 0.15) is 0 Å². The molecule has 0 bridgehead atoms. The SMILES string of the molecule is CC(C)c1ccc(NCCCN2CCC(Cc3ccc(S(C)(=O)=O)cc3)CC2)cc1.Cl.Cl. The molecule has 1 N–H and O–H groups in total. The Labute approximate surface area is 206 Å². The summed E-state index contributed by atoms with van der Waals surface area (Å²) < 4.78 is 23.2. The van der Waals surface area contributed by atoms with Crippen LogP contribution in [-0.4, -0.2) is 45.8 Å². The molecular formula is C25H38Cl2N2O2S. The third-order valence-corrected chi connectivity index (χ3v) is 7.27. The second kappa shape index (κ2) is 13.4. The summed E-state index contributed by atoms with van der Waals surface area (Å²) in [6, 6.07) is 16.2.